The van der Waals surface area contributed by atoms with Gasteiger partial charge in [0, 0.05) is 5.02 Å². The second kappa shape index (κ2) is 3.55. The predicted molar refractivity (Wildman–Crippen MR) is 63.6 cm³/mol. The zero-order valence-electron chi connectivity index (χ0n) is 8.63. The minimum atomic E-state index is -0.0697. The van der Waals surface area contributed by atoms with E-state index in [9.17, 15) is 0 Å². The molecule has 0 bridgehead atoms. The molecule has 0 radical (unpaired) electrons. The van der Waals surface area contributed by atoms with E-state index in [4.69, 9.17) is 22.6 Å². The molecular formula is C11H12BClN2. The van der Waals surface area contributed by atoms with Crippen molar-refractivity contribution in [3.05, 3.63) is 34.3 Å². The minimum absolute atomic E-state index is 0.0697. The predicted octanol–water partition coefficient (Wildman–Crippen LogP) is 1.38. The first-order chi connectivity index (χ1) is 7.02. The first-order valence-electron chi connectivity index (χ1n) is 5.00. The Morgan fingerprint density at radius 2 is 2.20 bits per heavy atom. The van der Waals surface area contributed by atoms with Crippen molar-refractivity contribution in [2.45, 2.75) is 24.2 Å². The van der Waals surface area contributed by atoms with Crippen LogP contribution in [0.1, 0.15) is 29.9 Å². The molecule has 1 fully saturated rings. The molecule has 0 spiro atoms. The molecule has 1 saturated carbocycles. The van der Waals surface area contributed by atoms with E-state index >= 15 is 0 Å². The van der Waals surface area contributed by atoms with Crippen LogP contribution >= 0.6 is 11.6 Å². The van der Waals surface area contributed by atoms with Gasteiger partial charge in [-0.2, -0.15) is 5.26 Å². The molecule has 1 aliphatic carbocycles. The molecule has 2 nitrogen and oxygen atoms in total. The number of hydrogen-bond acceptors (Lipinski definition) is 2. The Kier molecular flexibility index (Phi) is 2.50. The highest BCUT2D eigenvalue weighted by atomic mass is 35.5. The van der Waals surface area contributed by atoms with Gasteiger partial charge in [0.1, 0.15) is 7.85 Å². The lowest BCUT2D eigenvalue weighted by Gasteiger charge is -2.43. The third-order valence-corrected chi connectivity index (χ3v) is 3.23. The highest BCUT2D eigenvalue weighted by Gasteiger charge is 2.38. The van der Waals surface area contributed by atoms with Gasteiger partial charge in [-0.25, -0.2) is 0 Å². The van der Waals surface area contributed by atoms with E-state index in [0.717, 1.165) is 24.0 Å². The monoisotopic (exact) mass is 218 g/mol. The Balaban J connectivity index is 2.29. The van der Waals surface area contributed by atoms with Crippen molar-refractivity contribution < 1.29 is 0 Å². The van der Waals surface area contributed by atoms with Crippen LogP contribution in [0.15, 0.2) is 18.2 Å². The SMILES string of the molecule is BC1(N)CC(c2cc(Cl)ccc2C#N)C1. The maximum absolute atomic E-state index is 8.98. The van der Waals surface area contributed by atoms with Gasteiger partial charge in [-0.15, -0.1) is 0 Å². The summed E-state index contributed by atoms with van der Waals surface area (Å²) >= 11 is 5.93. The Bertz CT molecular complexity index is 429. The van der Waals surface area contributed by atoms with Crippen LogP contribution in [0.2, 0.25) is 5.02 Å². The van der Waals surface area contributed by atoms with Crippen molar-refractivity contribution >= 4 is 19.4 Å². The largest absolute Gasteiger partial charge is 0.332 e. The summed E-state index contributed by atoms with van der Waals surface area (Å²) in [6.45, 7) is 0. The van der Waals surface area contributed by atoms with Crippen molar-refractivity contribution in [2.75, 3.05) is 0 Å². The normalized spacial score (nSPS) is 29.3. The van der Waals surface area contributed by atoms with E-state index in [1.165, 1.54) is 0 Å². The Morgan fingerprint density at radius 1 is 1.53 bits per heavy atom. The molecule has 0 unspecified atom stereocenters. The third-order valence-electron chi connectivity index (χ3n) is 3.00. The second-order valence-electron chi connectivity index (χ2n) is 4.60. The molecule has 1 aliphatic rings. The smallest absolute Gasteiger partial charge is 0.127 e. The van der Waals surface area contributed by atoms with E-state index in [1.54, 1.807) is 12.1 Å². The molecule has 1 aromatic rings. The molecule has 0 aliphatic heterocycles. The lowest BCUT2D eigenvalue weighted by Crippen LogP contribution is -2.51. The summed E-state index contributed by atoms with van der Waals surface area (Å²) < 4.78 is 0. The van der Waals surface area contributed by atoms with Gasteiger partial charge in [0.25, 0.3) is 0 Å². The van der Waals surface area contributed by atoms with Gasteiger partial charge >= 0.3 is 0 Å². The van der Waals surface area contributed by atoms with E-state index < -0.39 is 0 Å². The van der Waals surface area contributed by atoms with Crippen molar-refractivity contribution in [1.82, 2.24) is 0 Å². The van der Waals surface area contributed by atoms with Gasteiger partial charge in [-0.3, -0.25) is 0 Å². The molecule has 2 N–H and O–H groups in total. The fourth-order valence-electron chi connectivity index (χ4n) is 2.26. The lowest BCUT2D eigenvalue weighted by atomic mass is 9.56. The molecule has 2 rings (SSSR count). The van der Waals surface area contributed by atoms with Crippen molar-refractivity contribution in [3.63, 3.8) is 0 Å². The van der Waals surface area contributed by atoms with Gasteiger partial charge < -0.3 is 5.73 Å². The molecule has 0 aromatic heterocycles. The van der Waals surface area contributed by atoms with Crippen molar-refractivity contribution in [2.24, 2.45) is 5.73 Å². The average Bonchev–Trinajstić information content (AvgIpc) is 2.14. The Hall–Kier alpha value is -0.975. The lowest BCUT2D eigenvalue weighted by molar-refractivity contribution is 0.304. The summed E-state index contributed by atoms with van der Waals surface area (Å²) in [6, 6.07) is 7.62. The summed E-state index contributed by atoms with van der Waals surface area (Å²) in [7, 11) is 2.04. The van der Waals surface area contributed by atoms with Crippen LogP contribution in [0.4, 0.5) is 0 Å². The third kappa shape index (κ3) is 2.02. The summed E-state index contributed by atoms with van der Waals surface area (Å²) in [5.74, 6) is 0.397. The van der Waals surface area contributed by atoms with Gasteiger partial charge in [-0.1, -0.05) is 11.6 Å². The van der Waals surface area contributed by atoms with E-state index in [0.29, 0.717) is 10.9 Å². The summed E-state index contributed by atoms with van der Waals surface area (Å²) in [6.07, 6.45) is 1.87. The number of benzene rings is 1. The summed E-state index contributed by atoms with van der Waals surface area (Å²) in [4.78, 5) is 0. The van der Waals surface area contributed by atoms with Crippen molar-refractivity contribution in [3.8, 4) is 6.07 Å². The molecule has 0 atom stereocenters. The zero-order chi connectivity index (χ0) is 11.1. The molecule has 0 amide bonds. The Labute approximate surface area is 95.4 Å². The number of nitrogens with two attached hydrogens (primary N) is 1. The van der Waals surface area contributed by atoms with Crippen LogP contribution in [0.25, 0.3) is 0 Å². The van der Waals surface area contributed by atoms with Gasteiger partial charge in [0.2, 0.25) is 0 Å². The van der Waals surface area contributed by atoms with Crippen LogP contribution in [0.5, 0.6) is 0 Å². The molecule has 0 heterocycles. The second-order valence-corrected chi connectivity index (χ2v) is 5.04. The summed E-state index contributed by atoms with van der Waals surface area (Å²) in [5.41, 5.74) is 7.66. The average molecular weight is 218 g/mol. The number of rotatable bonds is 1. The van der Waals surface area contributed by atoms with Gasteiger partial charge in [0.05, 0.1) is 11.6 Å². The van der Waals surface area contributed by atoms with Crippen molar-refractivity contribution in [1.29, 1.82) is 5.26 Å². The molecule has 76 valence electrons. The maximum Gasteiger partial charge on any atom is 0.127 e. The molecule has 15 heavy (non-hydrogen) atoms. The fraction of sp³-hybridized carbons (Fsp3) is 0.364. The van der Waals surface area contributed by atoms with E-state index in [-0.39, 0.29) is 5.44 Å². The highest BCUT2D eigenvalue weighted by molar-refractivity contribution is 6.30. The maximum atomic E-state index is 8.98. The van der Waals surface area contributed by atoms with Crippen LogP contribution in [-0.4, -0.2) is 13.3 Å². The number of nitriles is 1. The van der Waals surface area contributed by atoms with Crippen LogP contribution in [0.3, 0.4) is 0 Å². The first-order valence-corrected chi connectivity index (χ1v) is 5.38. The van der Waals surface area contributed by atoms with Gasteiger partial charge in [0.15, 0.2) is 0 Å². The van der Waals surface area contributed by atoms with Gasteiger partial charge in [-0.05, 0) is 48.0 Å². The Morgan fingerprint density at radius 3 is 2.73 bits per heavy atom. The van der Waals surface area contributed by atoms with E-state index in [2.05, 4.69) is 6.07 Å². The molecule has 4 heteroatoms. The van der Waals surface area contributed by atoms with Crippen LogP contribution in [-0.2, 0) is 0 Å². The molecule has 1 aromatic carbocycles. The number of hydrogen-bond donors (Lipinski definition) is 1. The topological polar surface area (TPSA) is 49.8 Å². The molecule has 0 saturated heterocycles. The fourth-order valence-corrected chi connectivity index (χ4v) is 2.44. The number of halogens is 1. The quantitative estimate of drug-likeness (QED) is 0.724. The standard InChI is InChI=1S/C11H12BClN2/c12-11(15)4-8(5-11)10-3-9(13)2-1-7(10)6-14/h1-3,8H,4-5,12,15H2. The van der Waals surface area contributed by atoms with Crippen LogP contribution < -0.4 is 5.73 Å². The molecular weight excluding hydrogens is 206 g/mol. The van der Waals surface area contributed by atoms with Crippen LogP contribution in [0, 0.1) is 11.3 Å². The first kappa shape index (κ1) is 10.5. The summed E-state index contributed by atoms with van der Waals surface area (Å²) in [5, 5.41) is 9.67. The number of nitrogens with zero attached hydrogens (tertiary/aromatic N) is 1. The minimum Gasteiger partial charge on any atom is -0.332 e. The highest BCUT2D eigenvalue weighted by Crippen LogP contribution is 2.42. The van der Waals surface area contributed by atoms with E-state index in [1.807, 2.05) is 13.9 Å². The zero-order valence-corrected chi connectivity index (χ0v) is 9.38.